The van der Waals surface area contributed by atoms with Crippen molar-refractivity contribution in [3.05, 3.63) is 76.8 Å². The van der Waals surface area contributed by atoms with E-state index in [0.717, 1.165) is 0 Å². The van der Waals surface area contributed by atoms with E-state index >= 15 is 0 Å². The van der Waals surface area contributed by atoms with Crippen molar-refractivity contribution >= 4 is 52.5 Å². The quantitative estimate of drug-likeness (QED) is 0.374. The number of rotatable bonds is 9. The fraction of sp³-hybridized carbons (Fsp3) is 0.125. The van der Waals surface area contributed by atoms with Gasteiger partial charge >= 0.3 is 0 Å². The number of carbonyl (C=O) groups excluding carboxylic acids is 3. The Labute approximate surface area is 205 Å². The summed E-state index contributed by atoms with van der Waals surface area (Å²) in [6, 6.07) is 16.4. The lowest BCUT2D eigenvalue weighted by Crippen LogP contribution is -2.16. The lowest BCUT2D eigenvalue weighted by Gasteiger charge is -2.12. The Morgan fingerprint density at radius 1 is 0.882 bits per heavy atom. The van der Waals surface area contributed by atoms with E-state index in [2.05, 4.69) is 10.6 Å². The molecule has 10 heteroatoms. The predicted octanol–water partition coefficient (Wildman–Crippen LogP) is 4.44. The Morgan fingerprint density at radius 3 is 2.26 bits per heavy atom. The second-order valence-corrected chi connectivity index (χ2v) is 8.34. The first-order chi connectivity index (χ1) is 16.3. The van der Waals surface area contributed by atoms with E-state index in [-0.39, 0.29) is 22.2 Å². The predicted molar refractivity (Wildman–Crippen MR) is 133 cm³/mol. The lowest BCUT2D eigenvalue weighted by molar-refractivity contribution is -0.113. The van der Waals surface area contributed by atoms with E-state index in [4.69, 9.17) is 26.8 Å². The van der Waals surface area contributed by atoms with Crippen LogP contribution < -0.4 is 25.8 Å². The minimum Gasteiger partial charge on any atom is -0.493 e. The first-order valence-corrected chi connectivity index (χ1v) is 11.3. The van der Waals surface area contributed by atoms with Gasteiger partial charge in [-0.2, -0.15) is 0 Å². The van der Waals surface area contributed by atoms with Crippen molar-refractivity contribution in [3.8, 4) is 11.5 Å². The van der Waals surface area contributed by atoms with E-state index in [1.54, 1.807) is 48.5 Å². The van der Waals surface area contributed by atoms with E-state index in [1.165, 1.54) is 38.1 Å². The zero-order valence-corrected chi connectivity index (χ0v) is 20.0. The zero-order valence-electron chi connectivity index (χ0n) is 18.4. The summed E-state index contributed by atoms with van der Waals surface area (Å²) in [5.74, 6) is -0.226. The SMILES string of the molecule is COc1ccc(NC(=O)CSc2ccccc2C(=O)Nc2ccc(Cl)c(C(N)=O)c2)cc1OC. The van der Waals surface area contributed by atoms with E-state index in [1.807, 2.05) is 0 Å². The molecule has 3 rings (SSSR count). The molecule has 0 saturated carbocycles. The molecule has 176 valence electrons. The highest BCUT2D eigenvalue weighted by Gasteiger charge is 2.15. The normalized spacial score (nSPS) is 10.3. The maximum atomic E-state index is 12.9. The number of carbonyl (C=O) groups is 3. The number of ether oxygens (including phenoxy) is 2. The van der Waals surface area contributed by atoms with Crippen LogP contribution in [0.4, 0.5) is 11.4 Å². The molecular weight excluding hydrogens is 478 g/mol. The molecule has 0 spiro atoms. The van der Waals surface area contributed by atoms with Gasteiger partial charge in [0.2, 0.25) is 11.8 Å². The monoisotopic (exact) mass is 499 g/mol. The number of thioether (sulfide) groups is 1. The van der Waals surface area contributed by atoms with Gasteiger partial charge in [0.05, 0.1) is 36.1 Å². The Bertz CT molecular complexity index is 1230. The number of primary amides is 1. The standard InChI is InChI=1S/C24H22ClN3O5S/c1-32-19-10-8-15(12-20(19)33-2)27-22(29)13-34-21-6-4-3-5-16(21)24(31)28-14-7-9-18(25)17(11-14)23(26)30/h3-12H,13H2,1-2H3,(H2,26,30)(H,27,29)(H,28,31). The van der Waals surface area contributed by atoms with Gasteiger partial charge < -0.3 is 25.8 Å². The van der Waals surface area contributed by atoms with E-state index in [0.29, 0.717) is 33.3 Å². The third-order valence-electron chi connectivity index (χ3n) is 4.65. The van der Waals surface area contributed by atoms with Crippen molar-refractivity contribution in [3.63, 3.8) is 0 Å². The van der Waals surface area contributed by atoms with Gasteiger partial charge in [-0.1, -0.05) is 23.7 Å². The molecule has 3 aromatic carbocycles. The van der Waals surface area contributed by atoms with Crippen LogP contribution in [-0.4, -0.2) is 37.7 Å². The minimum atomic E-state index is -0.697. The molecule has 0 aromatic heterocycles. The summed E-state index contributed by atoms with van der Waals surface area (Å²) in [5, 5.41) is 5.72. The van der Waals surface area contributed by atoms with Crippen molar-refractivity contribution in [1.82, 2.24) is 0 Å². The first kappa shape index (κ1) is 24.9. The van der Waals surface area contributed by atoms with Gasteiger partial charge in [0.15, 0.2) is 11.5 Å². The Kier molecular flexibility index (Phi) is 8.39. The molecule has 0 unspecified atom stereocenters. The van der Waals surface area contributed by atoms with Crippen LogP contribution >= 0.6 is 23.4 Å². The van der Waals surface area contributed by atoms with Crippen molar-refractivity contribution in [2.45, 2.75) is 4.90 Å². The van der Waals surface area contributed by atoms with Crippen LogP contribution in [0.15, 0.2) is 65.6 Å². The van der Waals surface area contributed by atoms with Crippen molar-refractivity contribution in [2.24, 2.45) is 5.73 Å². The number of hydrogen-bond donors (Lipinski definition) is 3. The molecule has 0 aliphatic rings. The van der Waals surface area contributed by atoms with Gasteiger partial charge in [-0.05, 0) is 42.5 Å². The summed E-state index contributed by atoms with van der Waals surface area (Å²) in [5.41, 5.74) is 6.72. The first-order valence-electron chi connectivity index (χ1n) is 9.96. The molecule has 8 nitrogen and oxygen atoms in total. The van der Waals surface area contributed by atoms with Crippen molar-refractivity contribution in [1.29, 1.82) is 0 Å². The molecule has 4 N–H and O–H groups in total. The average molecular weight is 500 g/mol. The maximum absolute atomic E-state index is 12.9. The molecule has 0 heterocycles. The fourth-order valence-corrected chi connectivity index (χ4v) is 4.09. The number of amides is 3. The van der Waals surface area contributed by atoms with Gasteiger partial charge in [-0.25, -0.2) is 0 Å². The van der Waals surface area contributed by atoms with Crippen LogP contribution in [0.2, 0.25) is 5.02 Å². The number of nitrogens with two attached hydrogens (primary N) is 1. The number of anilines is 2. The third kappa shape index (κ3) is 6.21. The van der Waals surface area contributed by atoms with Crippen LogP contribution in [-0.2, 0) is 4.79 Å². The molecule has 3 amide bonds. The number of nitrogens with one attached hydrogen (secondary N) is 2. The molecule has 3 aromatic rings. The summed E-state index contributed by atoms with van der Waals surface area (Å²) in [4.78, 5) is 37.5. The number of methoxy groups -OCH3 is 2. The summed E-state index contributed by atoms with van der Waals surface area (Å²) in [7, 11) is 3.05. The number of benzene rings is 3. The molecule has 0 saturated heterocycles. The Balaban J connectivity index is 1.67. The largest absolute Gasteiger partial charge is 0.493 e. The number of halogens is 1. The fourth-order valence-electron chi connectivity index (χ4n) is 3.02. The smallest absolute Gasteiger partial charge is 0.256 e. The van der Waals surface area contributed by atoms with Gasteiger partial charge in [0.1, 0.15) is 0 Å². The summed E-state index contributed by atoms with van der Waals surface area (Å²) >= 11 is 7.18. The van der Waals surface area contributed by atoms with Gasteiger partial charge in [-0.15, -0.1) is 11.8 Å². The van der Waals surface area contributed by atoms with Crippen LogP contribution in [0, 0.1) is 0 Å². The van der Waals surface area contributed by atoms with Crippen molar-refractivity contribution in [2.75, 3.05) is 30.6 Å². The van der Waals surface area contributed by atoms with E-state index < -0.39 is 11.8 Å². The lowest BCUT2D eigenvalue weighted by atomic mass is 10.1. The summed E-state index contributed by atoms with van der Waals surface area (Å²) < 4.78 is 10.4. The maximum Gasteiger partial charge on any atom is 0.256 e. The van der Waals surface area contributed by atoms with Crippen LogP contribution in [0.5, 0.6) is 11.5 Å². The molecule has 0 radical (unpaired) electrons. The molecule has 0 atom stereocenters. The molecule has 0 aliphatic heterocycles. The van der Waals surface area contributed by atoms with Crippen LogP contribution in [0.1, 0.15) is 20.7 Å². The Morgan fingerprint density at radius 2 is 1.56 bits per heavy atom. The molecule has 0 bridgehead atoms. The minimum absolute atomic E-state index is 0.0748. The average Bonchev–Trinajstić information content (AvgIpc) is 2.83. The van der Waals surface area contributed by atoms with Crippen LogP contribution in [0.3, 0.4) is 0 Å². The van der Waals surface area contributed by atoms with Crippen molar-refractivity contribution < 1.29 is 23.9 Å². The van der Waals surface area contributed by atoms with Gasteiger partial charge in [0, 0.05) is 22.3 Å². The molecule has 34 heavy (non-hydrogen) atoms. The second kappa shape index (κ2) is 11.4. The topological polar surface area (TPSA) is 120 Å². The zero-order chi connectivity index (χ0) is 24.7. The molecule has 0 aliphatic carbocycles. The van der Waals surface area contributed by atoms with Gasteiger partial charge in [0.25, 0.3) is 5.91 Å². The second-order valence-electron chi connectivity index (χ2n) is 6.92. The highest BCUT2D eigenvalue weighted by molar-refractivity contribution is 8.00. The Hall–Kier alpha value is -3.69. The van der Waals surface area contributed by atoms with Gasteiger partial charge in [-0.3, -0.25) is 14.4 Å². The van der Waals surface area contributed by atoms with E-state index in [9.17, 15) is 14.4 Å². The highest BCUT2D eigenvalue weighted by atomic mass is 35.5. The van der Waals surface area contributed by atoms with Crippen LogP contribution in [0.25, 0.3) is 0 Å². The summed E-state index contributed by atoms with van der Waals surface area (Å²) in [6.07, 6.45) is 0. The molecule has 0 fully saturated rings. The number of hydrogen-bond acceptors (Lipinski definition) is 6. The molecular formula is C24H22ClN3O5S. The highest BCUT2D eigenvalue weighted by Crippen LogP contribution is 2.30. The summed E-state index contributed by atoms with van der Waals surface area (Å²) in [6.45, 7) is 0. The third-order valence-corrected chi connectivity index (χ3v) is 6.05.